The van der Waals surface area contributed by atoms with Crippen LogP contribution >= 0.6 is 11.6 Å². The number of nitrogens with two attached hydrogens (primary N) is 1. The van der Waals surface area contributed by atoms with E-state index in [1.54, 1.807) is 14.2 Å². The van der Waals surface area contributed by atoms with Crippen LogP contribution in [0.1, 0.15) is 43.2 Å². The van der Waals surface area contributed by atoms with Crippen LogP contribution in [0.5, 0.6) is 11.5 Å². The summed E-state index contributed by atoms with van der Waals surface area (Å²) in [5.74, 6) is 1.47. The summed E-state index contributed by atoms with van der Waals surface area (Å²) in [6.07, 6.45) is 5.47. The van der Waals surface area contributed by atoms with Gasteiger partial charge in [-0.3, -0.25) is 0 Å². The second-order valence-electron chi connectivity index (χ2n) is 5.32. The minimum Gasteiger partial charge on any atom is -0.496 e. The molecule has 0 unspecified atom stereocenters. The van der Waals surface area contributed by atoms with Crippen LogP contribution in [0.4, 0.5) is 0 Å². The van der Waals surface area contributed by atoms with Crippen LogP contribution in [-0.4, -0.2) is 14.2 Å². The topological polar surface area (TPSA) is 44.5 Å². The van der Waals surface area contributed by atoms with Crippen LogP contribution in [0.15, 0.2) is 6.07 Å². The first-order valence-electron chi connectivity index (χ1n) is 6.74. The fraction of sp³-hybridized carbons (Fsp3) is 0.600. The first-order chi connectivity index (χ1) is 9.03. The minimum absolute atomic E-state index is 0.353. The van der Waals surface area contributed by atoms with Gasteiger partial charge in [0.25, 0.3) is 0 Å². The first-order valence-corrected chi connectivity index (χ1v) is 7.11. The largest absolute Gasteiger partial charge is 0.496 e. The lowest BCUT2D eigenvalue weighted by Gasteiger charge is -2.35. The van der Waals surface area contributed by atoms with Crippen molar-refractivity contribution in [3.8, 4) is 11.5 Å². The van der Waals surface area contributed by atoms with Crippen LogP contribution in [0.25, 0.3) is 0 Å². The molecule has 1 aliphatic rings. The van der Waals surface area contributed by atoms with E-state index in [1.807, 2.05) is 13.0 Å². The molecule has 0 radical (unpaired) electrons. The summed E-state index contributed by atoms with van der Waals surface area (Å²) < 4.78 is 10.9. The van der Waals surface area contributed by atoms with Crippen molar-refractivity contribution in [2.75, 3.05) is 14.2 Å². The second-order valence-corrected chi connectivity index (χ2v) is 5.69. The van der Waals surface area contributed by atoms with Gasteiger partial charge < -0.3 is 15.2 Å². The molecule has 0 aromatic heterocycles. The molecular formula is C15H22ClNO2. The average Bonchev–Trinajstić information content (AvgIpc) is 2.42. The van der Waals surface area contributed by atoms with Crippen molar-refractivity contribution < 1.29 is 9.47 Å². The number of halogens is 1. The van der Waals surface area contributed by atoms with E-state index in [0.29, 0.717) is 10.8 Å². The minimum atomic E-state index is -0.353. The number of hydrogen-bond acceptors (Lipinski definition) is 3. The zero-order valence-corrected chi connectivity index (χ0v) is 12.6. The summed E-state index contributed by atoms with van der Waals surface area (Å²) in [5.41, 5.74) is 8.12. The van der Waals surface area contributed by atoms with Gasteiger partial charge in [0, 0.05) is 16.7 Å². The number of methoxy groups -OCH3 is 2. The van der Waals surface area contributed by atoms with Crippen LogP contribution in [0.2, 0.25) is 5.02 Å². The van der Waals surface area contributed by atoms with E-state index in [0.717, 1.165) is 42.6 Å². The van der Waals surface area contributed by atoms with Crippen LogP contribution in [-0.2, 0) is 5.54 Å². The average molecular weight is 284 g/mol. The van der Waals surface area contributed by atoms with Crippen molar-refractivity contribution in [3.63, 3.8) is 0 Å². The molecule has 0 amide bonds. The van der Waals surface area contributed by atoms with Gasteiger partial charge >= 0.3 is 0 Å². The first kappa shape index (κ1) is 14.5. The summed E-state index contributed by atoms with van der Waals surface area (Å²) in [6, 6.07) is 1.99. The quantitative estimate of drug-likeness (QED) is 0.918. The number of ether oxygens (including phenoxy) is 2. The molecule has 4 heteroatoms. The lowest BCUT2D eigenvalue weighted by Crippen LogP contribution is -2.39. The molecule has 1 saturated carbocycles. The molecule has 0 bridgehead atoms. The lowest BCUT2D eigenvalue weighted by molar-refractivity contribution is 0.287. The Bertz CT molecular complexity index is 468. The van der Waals surface area contributed by atoms with Gasteiger partial charge in [-0.25, -0.2) is 0 Å². The molecule has 1 fully saturated rings. The number of hydrogen-bond donors (Lipinski definition) is 1. The Balaban J connectivity index is 2.57. The molecule has 2 rings (SSSR count). The molecule has 1 aromatic carbocycles. The van der Waals surface area contributed by atoms with Gasteiger partial charge in [0.1, 0.15) is 11.5 Å². The van der Waals surface area contributed by atoms with E-state index >= 15 is 0 Å². The van der Waals surface area contributed by atoms with E-state index in [4.69, 9.17) is 26.8 Å². The van der Waals surface area contributed by atoms with Crippen molar-refractivity contribution in [1.82, 2.24) is 0 Å². The normalized spacial score (nSPS) is 18.2. The fourth-order valence-electron chi connectivity index (χ4n) is 2.94. The molecule has 0 heterocycles. The highest BCUT2D eigenvalue weighted by Gasteiger charge is 2.34. The van der Waals surface area contributed by atoms with Crippen LogP contribution in [0.3, 0.4) is 0 Å². The number of rotatable bonds is 3. The Hall–Kier alpha value is -0.930. The standard InChI is InChI=1S/C15H22ClNO2/c1-10-12(18-2)9-11(14(19-3)13(10)16)15(17)7-5-4-6-8-15/h9H,4-8,17H2,1-3H3. The number of benzene rings is 1. The zero-order chi connectivity index (χ0) is 14.0. The predicted molar refractivity (Wildman–Crippen MR) is 78.2 cm³/mol. The van der Waals surface area contributed by atoms with Gasteiger partial charge in [-0.2, -0.15) is 0 Å². The van der Waals surface area contributed by atoms with Gasteiger partial charge in [-0.15, -0.1) is 0 Å². The van der Waals surface area contributed by atoms with E-state index in [1.165, 1.54) is 6.42 Å². The Labute approximate surface area is 120 Å². The fourth-order valence-corrected chi connectivity index (χ4v) is 3.21. The Morgan fingerprint density at radius 1 is 1.16 bits per heavy atom. The summed E-state index contributed by atoms with van der Waals surface area (Å²) in [6.45, 7) is 1.93. The molecule has 1 aromatic rings. The van der Waals surface area contributed by atoms with Crippen LogP contribution in [0, 0.1) is 6.92 Å². The molecule has 0 aliphatic heterocycles. The summed E-state index contributed by atoms with van der Waals surface area (Å²) >= 11 is 6.40. The molecule has 0 spiro atoms. The predicted octanol–water partition coefficient (Wildman–Crippen LogP) is 3.78. The van der Waals surface area contributed by atoms with Crippen molar-refractivity contribution in [2.45, 2.75) is 44.6 Å². The summed E-state index contributed by atoms with van der Waals surface area (Å²) in [4.78, 5) is 0. The Morgan fingerprint density at radius 2 is 1.79 bits per heavy atom. The van der Waals surface area contributed by atoms with Gasteiger partial charge in [-0.05, 0) is 25.8 Å². The van der Waals surface area contributed by atoms with E-state index in [2.05, 4.69) is 0 Å². The third-order valence-electron chi connectivity index (χ3n) is 4.12. The van der Waals surface area contributed by atoms with E-state index < -0.39 is 0 Å². The third-order valence-corrected chi connectivity index (χ3v) is 4.58. The third kappa shape index (κ3) is 2.54. The monoisotopic (exact) mass is 283 g/mol. The highest BCUT2D eigenvalue weighted by molar-refractivity contribution is 6.33. The second kappa shape index (κ2) is 5.59. The van der Waals surface area contributed by atoms with Crippen molar-refractivity contribution in [1.29, 1.82) is 0 Å². The van der Waals surface area contributed by atoms with Crippen LogP contribution < -0.4 is 15.2 Å². The zero-order valence-electron chi connectivity index (χ0n) is 11.9. The maximum atomic E-state index is 6.61. The smallest absolute Gasteiger partial charge is 0.143 e. The molecule has 0 atom stereocenters. The van der Waals surface area contributed by atoms with Gasteiger partial charge in [-0.1, -0.05) is 30.9 Å². The Kier molecular flexibility index (Phi) is 4.26. The van der Waals surface area contributed by atoms with Crippen molar-refractivity contribution in [2.24, 2.45) is 5.73 Å². The van der Waals surface area contributed by atoms with Gasteiger partial charge in [0.2, 0.25) is 0 Å². The summed E-state index contributed by atoms with van der Waals surface area (Å²) in [7, 11) is 3.29. The lowest BCUT2D eigenvalue weighted by atomic mass is 9.77. The Morgan fingerprint density at radius 3 is 2.32 bits per heavy atom. The highest BCUT2D eigenvalue weighted by Crippen LogP contribution is 2.46. The maximum Gasteiger partial charge on any atom is 0.143 e. The molecule has 2 N–H and O–H groups in total. The SMILES string of the molecule is COc1cc(C2(N)CCCCC2)c(OC)c(Cl)c1C. The van der Waals surface area contributed by atoms with Gasteiger partial charge in [0.15, 0.2) is 0 Å². The molecule has 106 valence electrons. The summed E-state index contributed by atoms with van der Waals surface area (Å²) in [5, 5.41) is 0.604. The van der Waals surface area contributed by atoms with E-state index in [9.17, 15) is 0 Å². The molecule has 1 aliphatic carbocycles. The van der Waals surface area contributed by atoms with Crippen molar-refractivity contribution in [3.05, 3.63) is 22.2 Å². The molecule has 0 saturated heterocycles. The maximum absolute atomic E-state index is 6.61. The van der Waals surface area contributed by atoms with Gasteiger partial charge in [0.05, 0.1) is 19.2 Å². The molecule has 3 nitrogen and oxygen atoms in total. The molecular weight excluding hydrogens is 262 g/mol. The molecule has 19 heavy (non-hydrogen) atoms. The van der Waals surface area contributed by atoms with E-state index in [-0.39, 0.29) is 5.54 Å². The van der Waals surface area contributed by atoms with Crippen molar-refractivity contribution >= 4 is 11.6 Å². The highest BCUT2D eigenvalue weighted by atomic mass is 35.5.